The summed E-state index contributed by atoms with van der Waals surface area (Å²) < 4.78 is 5.73. The van der Waals surface area contributed by atoms with Gasteiger partial charge in [-0.1, -0.05) is 78.4 Å². The molecule has 0 saturated carbocycles. The van der Waals surface area contributed by atoms with Crippen molar-refractivity contribution in [3.05, 3.63) is 60.7 Å². The molecule has 0 aliphatic carbocycles. The molecular formula is C15H14OP2S2. The van der Waals surface area contributed by atoms with Gasteiger partial charge in [-0.25, -0.2) is 0 Å². The Morgan fingerprint density at radius 1 is 1.05 bits per heavy atom. The number of hydrogen-bond acceptors (Lipinski definition) is 2. The third kappa shape index (κ3) is 3.95. The SMILES string of the molecule is C#CCOP(=S)(S)P(c1ccccc1)c1ccccc1. The van der Waals surface area contributed by atoms with Crippen molar-refractivity contribution in [2.75, 3.05) is 6.61 Å². The maximum absolute atomic E-state index is 5.73. The van der Waals surface area contributed by atoms with Gasteiger partial charge < -0.3 is 4.52 Å². The van der Waals surface area contributed by atoms with Crippen molar-refractivity contribution >= 4 is 47.4 Å². The molecule has 0 fully saturated rings. The summed E-state index contributed by atoms with van der Waals surface area (Å²) in [5.74, 6) is 2.48. The fourth-order valence-electron chi connectivity index (χ4n) is 1.76. The van der Waals surface area contributed by atoms with E-state index >= 15 is 0 Å². The largest absolute Gasteiger partial charge is 0.325 e. The molecule has 102 valence electrons. The van der Waals surface area contributed by atoms with E-state index < -0.39 is 12.8 Å². The quantitative estimate of drug-likeness (QED) is 0.503. The molecule has 2 aromatic rings. The Labute approximate surface area is 131 Å². The van der Waals surface area contributed by atoms with Crippen LogP contribution in [0.1, 0.15) is 0 Å². The summed E-state index contributed by atoms with van der Waals surface area (Å²) >= 11 is 10.4. The van der Waals surface area contributed by atoms with E-state index in [9.17, 15) is 0 Å². The van der Waals surface area contributed by atoms with Crippen LogP contribution in [-0.2, 0) is 16.3 Å². The van der Waals surface area contributed by atoms with Crippen LogP contribution in [0.3, 0.4) is 0 Å². The fraction of sp³-hybridized carbons (Fsp3) is 0.0667. The highest BCUT2D eigenvalue weighted by molar-refractivity contribution is 8.85. The number of terminal acetylenes is 1. The second kappa shape index (κ2) is 7.41. The van der Waals surface area contributed by atoms with Gasteiger partial charge in [-0.2, -0.15) is 0 Å². The summed E-state index contributed by atoms with van der Waals surface area (Å²) in [5.41, 5.74) is 0. The summed E-state index contributed by atoms with van der Waals surface area (Å²) in [6.07, 6.45) is 5.28. The fourth-order valence-corrected chi connectivity index (χ4v) is 10.9. The highest BCUT2D eigenvalue weighted by Crippen LogP contribution is 2.78. The van der Waals surface area contributed by atoms with Crippen molar-refractivity contribution in [2.24, 2.45) is 0 Å². The Hall–Kier alpha value is -0.610. The van der Waals surface area contributed by atoms with Crippen LogP contribution in [0, 0.1) is 12.3 Å². The number of hydrogen-bond donors (Lipinski definition) is 1. The van der Waals surface area contributed by atoms with Crippen LogP contribution >= 0.6 is 25.0 Å². The highest BCUT2D eigenvalue weighted by Gasteiger charge is 2.28. The Morgan fingerprint density at radius 2 is 1.50 bits per heavy atom. The second-order valence-corrected chi connectivity index (χ2v) is 15.5. The van der Waals surface area contributed by atoms with E-state index in [1.165, 1.54) is 10.6 Å². The van der Waals surface area contributed by atoms with E-state index in [1.807, 2.05) is 36.4 Å². The molecule has 2 rings (SSSR count). The zero-order valence-electron chi connectivity index (χ0n) is 10.7. The van der Waals surface area contributed by atoms with Gasteiger partial charge in [-0.05, 0) is 10.6 Å². The Balaban J connectivity index is 2.46. The van der Waals surface area contributed by atoms with Crippen LogP contribution in [0.15, 0.2) is 60.7 Å². The number of thiol groups is 1. The predicted octanol–water partition coefficient (Wildman–Crippen LogP) is 3.92. The van der Waals surface area contributed by atoms with Crippen LogP contribution in [0.25, 0.3) is 0 Å². The Bertz CT molecular complexity index is 598. The predicted molar refractivity (Wildman–Crippen MR) is 97.1 cm³/mol. The van der Waals surface area contributed by atoms with Gasteiger partial charge >= 0.3 is 0 Å². The van der Waals surface area contributed by atoms with Crippen molar-refractivity contribution in [1.82, 2.24) is 0 Å². The molecule has 20 heavy (non-hydrogen) atoms. The van der Waals surface area contributed by atoms with Gasteiger partial charge in [-0.15, -0.1) is 18.7 Å². The van der Waals surface area contributed by atoms with Gasteiger partial charge in [0, 0.05) is 7.61 Å². The van der Waals surface area contributed by atoms with Crippen molar-refractivity contribution in [2.45, 2.75) is 0 Å². The second-order valence-electron chi connectivity index (χ2n) is 3.95. The third-order valence-corrected chi connectivity index (χ3v) is 12.1. The molecule has 0 N–H and O–H groups in total. The van der Waals surface area contributed by atoms with Crippen LogP contribution in [-0.4, -0.2) is 6.61 Å². The molecule has 1 unspecified atom stereocenters. The number of benzene rings is 2. The number of rotatable bonds is 5. The lowest BCUT2D eigenvalue weighted by atomic mass is 10.4. The van der Waals surface area contributed by atoms with Gasteiger partial charge in [-0.3, -0.25) is 0 Å². The van der Waals surface area contributed by atoms with Crippen molar-refractivity contribution in [1.29, 1.82) is 0 Å². The van der Waals surface area contributed by atoms with Crippen LogP contribution in [0.2, 0.25) is 0 Å². The normalized spacial score (nSPS) is 13.7. The van der Waals surface area contributed by atoms with Crippen LogP contribution in [0.4, 0.5) is 0 Å². The minimum absolute atomic E-state index is 0.208. The lowest BCUT2D eigenvalue weighted by Gasteiger charge is -2.27. The first-order valence-corrected chi connectivity index (χ1v) is 11.9. The summed E-state index contributed by atoms with van der Waals surface area (Å²) in [4.78, 5) is 0. The lowest BCUT2D eigenvalue weighted by Crippen LogP contribution is -2.11. The zero-order valence-corrected chi connectivity index (χ0v) is 14.2. The monoisotopic (exact) mass is 336 g/mol. The van der Waals surface area contributed by atoms with E-state index in [2.05, 4.69) is 42.4 Å². The molecule has 0 radical (unpaired) electrons. The minimum Gasteiger partial charge on any atom is -0.325 e. The molecule has 2 aromatic carbocycles. The molecule has 0 aromatic heterocycles. The molecule has 0 aliphatic heterocycles. The van der Waals surface area contributed by atoms with Gasteiger partial charge in [0.15, 0.2) is 0 Å². The summed E-state index contributed by atoms with van der Waals surface area (Å²) in [7, 11) is -0.833. The summed E-state index contributed by atoms with van der Waals surface area (Å²) in [6.45, 7) is 0.208. The van der Waals surface area contributed by atoms with Gasteiger partial charge in [0.1, 0.15) is 11.8 Å². The molecule has 0 amide bonds. The molecule has 0 spiro atoms. The molecule has 1 nitrogen and oxygen atoms in total. The van der Waals surface area contributed by atoms with E-state index in [1.54, 1.807) is 0 Å². The van der Waals surface area contributed by atoms with Crippen molar-refractivity contribution in [3.8, 4) is 12.3 Å². The molecule has 0 heterocycles. The van der Waals surface area contributed by atoms with Gasteiger partial charge in [0.2, 0.25) is 0 Å². The van der Waals surface area contributed by atoms with E-state index in [0.717, 1.165) is 0 Å². The standard InChI is InChI=1S/C15H14OP2S2/c1-2-13-16-18(19,20)17(14-9-5-3-6-10-14)15-11-7-4-8-12-15/h1,3-12H,13H2,(H,19,20). The van der Waals surface area contributed by atoms with E-state index in [4.69, 9.17) is 22.8 Å². The Morgan fingerprint density at radius 3 is 1.90 bits per heavy atom. The first-order valence-electron chi connectivity index (χ1n) is 5.96. The maximum Gasteiger partial charge on any atom is 0.147 e. The molecule has 5 heteroatoms. The molecule has 0 bridgehead atoms. The average molecular weight is 336 g/mol. The highest BCUT2D eigenvalue weighted by atomic mass is 33.1. The topological polar surface area (TPSA) is 9.23 Å². The van der Waals surface area contributed by atoms with Crippen molar-refractivity contribution in [3.63, 3.8) is 0 Å². The smallest absolute Gasteiger partial charge is 0.147 e. The van der Waals surface area contributed by atoms with E-state index in [-0.39, 0.29) is 6.61 Å². The molecule has 0 aliphatic rings. The molecular weight excluding hydrogens is 322 g/mol. The van der Waals surface area contributed by atoms with Crippen LogP contribution < -0.4 is 10.6 Å². The summed E-state index contributed by atoms with van der Waals surface area (Å²) in [5, 5.41) is 0.0279. The van der Waals surface area contributed by atoms with Gasteiger partial charge in [0.25, 0.3) is 0 Å². The van der Waals surface area contributed by atoms with Crippen LogP contribution in [0.5, 0.6) is 0 Å². The average Bonchev–Trinajstić information content (AvgIpc) is 2.47. The summed E-state index contributed by atoms with van der Waals surface area (Å²) in [6, 6.07) is 20.3. The maximum atomic E-state index is 5.73. The third-order valence-electron chi connectivity index (χ3n) is 2.57. The first kappa shape index (κ1) is 15.8. The lowest BCUT2D eigenvalue weighted by molar-refractivity contribution is 0.428. The van der Waals surface area contributed by atoms with Crippen molar-refractivity contribution < 1.29 is 4.52 Å². The van der Waals surface area contributed by atoms with E-state index in [0.29, 0.717) is 0 Å². The zero-order chi connectivity index (χ0) is 14.4. The first-order chi connectivity index (χ1) is 9.65. The molecule has 1 atom stereocenters. The minimum atomic E-state index is -2.31. The molecule has 0 saturated heterocycles. The van der Waals surface area contributed by atoms with Gasteiger partial charge in [0.05, 0.1) is 0 Å². The Kier molecular flexibility index (Phi) is 5.85.